The van der Waals surface area contributed by atoms with Gasteiger partial charge in [-0.3, -0.25) is 9.69 Å². The fraction of sp³-hybridized carbons (Fsp3) is 0.722. The second-order valence-corrected chi connectivity index (χ2v) is 6.95. The van der Waals surface area contributed by atoms with Gasteiger partial charge in [0.15, 0.2) is 5.82 Å². The lowest BCUT2D eigenvalue weighted by Gasteiger charge is -2.35. The van der Waals surface area contributed by atoms with Crippen molar-refractivity contribution in [3.05, 3.63) is 18.3 Å². The molecule has 0 N–H and O–H groups in total. The molecule has 7 nitrogen and oxygen atoms in total. The van der Waals surface area contributed by atoms with Gasteiger partial charge in [-0.15, -0.1) is 5.10 Å². The average molecular weight is 347 g/mol. The zero-order valence-corrected chi connectivity index (χ0v) is 15.1. The van der Waals surface area contributed by atoms with E-state index in [1.807, 2.05) is 24.1 Å². The Morgan fingerprint density at radius 2 is 2.16 bits per heavy atom. The summed E-state index contributed by atoms with van der Waals surface area (Å²) < 4.78 is 5.90. The molecule has 2 aliphatic rings. The number of rotatable bonds is 6. The molecule has 0 spiro atoms. The number of piperidine rings is 1. The van der Waals surface area contributed by atoms with Crippen molar-refractivity contribution in [1.29, 1.82) is 0 Å². The molecule has 138 valence electrons. The Morgan fingerprint density at radius 1 is 1.32 bits per heavy atom. The number of carbonyl (C=O) groups is 1. The Bertz CT molecular complexity index is 536. The molecule has 1 atom stereocenters. The molecule has 0 bridgehead atoms. The zero-order valence-electron chi connectivity index (χ0n) is 15.1. The van der Waals surface area contributed by atoms with Crippen LogP contribution in [0.3, 0.4) is 0 Å². The normalized spacial score (nSPS) is 22.0. The van der Waals surface area contributed by atoms with Crippen molar-refractivity contribution in [3.8, 4) is 0 Å². The monoisotopic (exact) mass is 347 g/mol. The van der Waals surface area contributed by atoms with Gasteiger partial charge in [0, 0.05) is 58.9 Å². The molecule has 2 saturated heterocycles. The molecule has 1 aromatic rings. The lowest BCUT2D eigenvalue weighted by molar-refractivity contribution is -0.132. The van der Waals surface area contributed by atoms with E-state index in [1.54, 1.807) is 6.20 Å². The lowest BCUT2D eigenvalue weighted by atomic mass is 10.1. The van der Waals surface area contributed by atoms with Crippen LogP contribution in [0.25, 0.3) is 0 Å². The number of carbonyl (C=O) groups excluding carboxylic acids is 1. The molecular formula is C18H29N5O2. The Kier molecular flexibility index (Phi) is 6.58. The summed E-state index contributed by atoms with van der Waals surface area (Å²) in [6, 6.07) is 3.84. The summed E-state index contributed by atoms with van der Waals surface area (Å²) in [5.41, 5.74) is 0. The number of nitrogens with zero attached hydrogens (tertiary/aromatic N) is 5. The van der Waals surface area contributed by atoms with Crippen LogP contribution in [0.1, 0.15) is 25.7 Å². The maximum atomic E-state index is 12.3. The highest BCUT2D eigenvalue weighted by Crippen LogP contribution is 2.13. The van der Waals surface area contributed by atoms with Gasteiger partial charge in [0.1, 0.15) is 0 Å². The third kappa shape index (κ3) is 5.37. The van der Waals surface area contributed by atoms with E-state index in [0.717, 1.165) is 64.5 Å². The fourth-order valence-electron chi connectivity index (χ4n) is 3.55. The van der Waals surface area contributed by atoms with Gasteiger partial charge in [0.05, 0.1) is 12.7 Å². The van der Waals surface area contributed by atoms with E-state index in [0.29, 0.717) is 12.3 Å². The highest BCUT2D eigenvalue weighted by atomic mass is 16.5. The number of hydrogen-bond donors (Lipinski definition) is 0. The van der Waals surface area contributed by atoms with E-state index in [-0.39, 0.29) is 6.10 Å². The molecule has 2 fully saturated rings. The number of anilines is 1. The number of aromatic nitrogens is 2. The van der Waals surface area contributed by atoms with Crippen molar-refractivity contribution in [3.63, 3.8) is 0 Å². The SMILES string of the molecule is CN(C[C@H]1CN(CCC(=O)N2CCCCC2)CCO1)c1cccnn1. The third-order valence-electron chi connectivity index (χ3n) is 5.00. The van der Waals surface area contributed by atoms with E-state index in [2.05, 4.69) is 20.0 Å². The maximum absolute atomic E-state index is 12.3. The molecular weight excluding hydrogens is 318 g/mol. The summed E-state index contributed by atoms with van der Waals surface area (Å²) in [7, 11) is 2.01. The van der Waals surface area contributed by atoms with Crippen LogP contribution >= 0.6 is 0 Å². The van der Waals surface area contributed by atoms with Crippen LogP contribution in [0.2, 0.25) is 0 Å². The highest BCUT2D eigenvalue weighted by Gasteiger charge is 2.24. The Balaban J connectivity index is 1.42. The van der Waals surface area contributed by atoms with E-state index >= 15 is 0 Å². The molecule has 25 heavy (non-hydrogen) atoms. The first-order valence-corrected chi connectivity index (χ1v) is 9.33. The summed E-state index contributed by atoms with van der Waals surface area (Å²) in [6.45, 7) is 5.95. The molecule has 0 aliphatic carbocycles. The van der Waals surface area contributed by atoms with Gasteiger partial charge >= 0.3 is 0 Å². The standard InChI is InChI=1S/C18H29N5O2/c1-21(17-6-5-8-19-20-17)14-16-15-22(12-13-25-16)11-7-18(24)23-9-3-2-4-10-23/h5-6,8,16H,2-4,7,9-15H2,1H3/t16-/m0/s1. The van der Waals surface area contributed by atoms with Crippen molar-refractivity contribution < 1.29 is 9.53 Å². The fourth-order valence-corrected chi connectivity index (χ4v) is 3.55. The predicted octanol–water partition coefficient (Wildman–Crippen LogP) is 1.02. The van der Waals surface area contributed by atoms with E-state index < -0.39 is 0 Å². The van der Waals surface area contributed by atoms with Gasteiger partial charge in [-0.1, -0.05) is 0 Å². The summed E-state index contributed by atoms with van der Waals surface area (Å²) in [5.74, 6) is 1.16. The van der Waals surface area contributed by atoms with Crippen LogP contribution in [0.15, 0.2) is 18.3 Å². The number of morpholine rings is 1. The Morgan fingerprint density at radius 3 is 2.92 bits per heavy atom. The van der Waals surface area contributed by atoms with E-state index in [1.165, 1.54) is 6.42 Å². The first-order chi connectivity index (χ1) is 12.2. The molecule has 7 heteroatoms. The smallest absolute Gasteiger partial charge is 0.223 e. The van der Waals surface area contributed by atoms with Crippen molar-refractivity contribution in [2.75, 3.05) is 57.8 Å². The quantitative estimate of drug-likeness (QED) is 0.766. The topological polar surface area (TPSA) is 61.8 Å². The van der Waals surface area contributed by atoms with Crippen LogP contribution in [-0.2, 0) is 9.53 Å². The van der Waals surface area contributed by atoms with Gasteiger partial charge in [0.2, 0.25) is 5.91 Å². The molecule has 3 rings (SSSR count). The number of likely N-dealkylation sites (tertiary alicyclic amines) is 1. The van der Waals surface area contributed by atoms with Gasteiger partial charge in [-0.25, -0.2) is 0 Å². The van der Waals surface area contributed by atoms with Crippen molar-refractivity contribution in [2.24, 2.45) is 0 Å². The molecule has 1 amide bonds. The largest absolute Gasteiger partial charge is 0.374 e. The van der Waals surface area contributed by atoms with Crippen molar-refractivity contribution >= 4 is 11.7 Å². The molecule has 0 saturated carbocycles. The first-order valence-electron chi connectivity index (χ1n) is 9.33. The van der Waals surface area contributed by atoms with Gasteiger partial charge in [0.25, 0.3) is 0 Å². The summed E-state index contributed by atoms with van der Waals surface area (Å²) >= 11 is 0. The highest BCUT2D eigenvalue weighted by molar-refractivity contribution is 5.76. The number of hydrogen-bond acceptors (Lipinski definition) is 6. The molecule has 0 unspecified atom stereocenters. The van der Waals surface area contributed by atoms with Crippen molar-refractivity contribution in [1.82, 2.24) is 20.0 Å². The summed E-state index contributed by atoms with van der Waals surface area (Å²) in [5, 5.41) is 8.05. The van der Waals surface area contributed by atoms with Crippen LogP contribution in [0, 0.1) is 0 Å². The number of likely N-dealkylation sites (N-methyl/N-ethyl adjacent to an activating group) is 1. The van der Waals surface area contributed by atoms with E-state index in [4.69, 9.17) is 4.74 Å². The average Bonchev–Trinajstić information content (AvgIpc) is 2.68. The van der Waals surface area contributed by atoms with Gasteiger partial charge < -0.3 is 14.5 Å². The van der Waals surface area contributed by atoms with Crippen LogP contribution < -0.4 is 4.90 Å². The molecule has 0 radical (unpaired) electrons. The van der Waals surface area contributed by atoms with Gasteiger partial charge in [-0.2, -0.15) is 5.10 Å². The van der Waals surface area contributed by atoms with E-state index in [9.17, 15) is 4.79 Å². The van der Waals surface area contributed by atoms with Crippen LogP contribution in [0.5, 0.6) is 0 Å². The Hall–Kier alpha value is -1.73. The minimum atomic E-state index is 0.130. The van der Waals surface area contributed by atoms with Crippen LogP contribution in [-0.4, -0.2) is 84.9 Å². The minimum absolute atomic E-state index is 0.130. The molecule has 0 aromatic carbocycles. The molecule has 1 aromatic heterocycles. The van der Waals surface area contributed by atoms with Crippen LogP contribution in [0.4, 0.5) is 5.82 Å². The summed E-state index contributed by atoms with van der Waals surface area (Å²) in [4.78, 5) is 18.8. The Labute approximate surface area is 149 Å². The second-order valence-electron chi connectivity index (χ2n) is 6.95. The number of ether oxygens (including phenoxy) is 1. The minimum Gasteiger partial charge on any atom is -0.374 e. The second kappa shape index (κ2) is 9.10. The maximum Gasteiger partial charge on any atom is 0.223 e. The first kappa shape index (κ1) is 18.1. The molecule has 3 heterocycles. The van der Waals surface area contributed by atoms with Gasteiger partial charge in [-0.05, 0) is 31.4 Å². The lowest BCUT2D eigenvalue weighted by Crippen LogP contribution is -2.48. The third-order valence-corrected chi connectivity index (χ3v) is 5.00. The predicted molar refractivity (Wildman–Crippen MR) is 96.5 cm³/mol. The zero-order chi connectivity index (χ0) is 17.5. The number of amides is 1. The summed E-state index contributed by atoms with van der Waals surface area (Å²) in [6.07, 6.45) is 5.99. The molecule has 2 aliphatic heterocycles. The van der Waals surface area contributed by atoms with Crippen molar-refractivity contribution in [2.45, 2.75) is 31.8 Å².